The number of rotatable bonds is 5. The van der Waals surface area contributed by atoms with Crippen LogP contribution in [0.5, 0.6) is 5.75 Å². The highest BCUT2D eigenvalue weighted by Gasteiger charge is 2.02. The highest BCUT2D eigenvalue weighted by atomic mass is 19.1. The molecule has 0 saturated heterocycles. The van der Waals surface area contributed by atoms with Crippen LogP contribution in [-0.2, 0) is 11.3 Å². The van der Waals surface area contributed by atoms with E-state index in [1.165, 1.54) is 25.3 Å². The Morgan fingerprint density at radius 1 is 1.27 bits per heavy atom. The number of carbonyl (C=O) groups excluding carboxylic acids is 1. The van der Waals surface area contributed by atoms with Gasteiger partial charge in [-0.05, 0) is 41.8 Å². The van der Waals surface area contributed by atoms with E-state index in [-0.39, 0.29) is 11.7 Å². The topological polar surface area (TPSA) is 38.3 Å². The number of hydrogen-bond acceptors (Lipinski definition) is 2. The zero-order valence-corrected chi connectivity index (χ0v) is 12.6. The first-order chi connectivity index (χ1) is 10.6. The third-order valence-electron chi connectivity index (χ3n) is 3.32. The average Bonchev–Trinajstić information content (AvgIpc) is 2.52. The van der Waals surface area contributed by atoms with Crippen molar-refractivity contribution in [3.8, 4) is 5.75 Å². The molecule has 0 aliphatic rings. The molecular weight excluding hydrogens is 281 g/mol. The Labute approximate surface area is 129 Å². The molecule has 0 atom stereocenters. The predicted molar refractivity (Wildman–Crippen MR) is 85.0 cm³/mol. The first-order valence-electron chi connectivity index (χ1n) is 6.94. The van der Waals surface area contributed by atoms with E-state index in [0.717, 1.165) is 11.1 Å². The molecule has 1 N–H and O–H groups in total. The normalized spacial score (nSPS) is 10.7. The van der Waals surface area contributed by atoms with Crippen molar-refractivity contribution in [2.24, 2.45) is 0 Å². The van der Waals surface area contributed by atoms with Gasteiger partial charge in [-0.15, -0.1) is 0 Å². The van der Waals surface area contributed by atoms with E-state index in [2.05, 4.69) is 5.32 Å². The lowest BCUT2D eigenvalue weighted by atomic mass is 10.1. The van der Waals surface area contributed by atoms with Gasteiger partial charge in [-0.2, -0.15) is 0 Å². The Morgan fingerprint density at radius 2 is 2.05 bits per heavy atom. The summed E-state index contributed by atoms with van der Waals surface area (Å²) >= 11 is 0. The molecule has 0 aliphatic carbocycles. The van der Waals surface area contributed by atoms with Crippen LogP contribution >= 0.6 is 0 Å². The predicted octanol–water partition coefficient (Wildman–Crippen LogP) is 3.47. The summed E-state index contributed by atoms with van der Waals surface area (Å²) in [6.45, 7) is 2.46. The lowest BCUT2D eigenvalue weighted by molar-refractivity contribution is -0.116. The Morgan fingerprint density at radius 3 is 2.73 bits per heavy atom. The van der Waals surface area contributed by atoms with Gasteiger partial charge < -0.3 is 10.1 Å². The number of amides is 1. The number of benzene rings is 2. The van der Waals surface area contributed by atoms with Crippen LogP contribution in [-0.4, -0.2) is 13.0 Å². The first kappa shape index (κ1) is 15.8. The molecular formula is C18H18FNO2. The number of halogens is 1. The maximum Gasteiger partial charge on any atom is 0.244 e. The second-order valence-corrected chi connectivity index (χ2v) is 4.87. The molecule has 1 amide bonds. The molecule has 2 aromatic rings. The van der Waals surface area contributed by atoms with E-state index in [0.29, 0.717) is 12.1 Å². The fourth-order valence-corrected chi connectivity index (χ4v) is 2.01. The molecule has 114 valence electrons. The molecule has 2 aromatic carbocycles. The lowest BCUT2D eigenvalue weighted by Gasteiger charge is -2.06. The van der Waals surface area contributed by atoms with Gasteiger partial charge in [0, 0.05) is 12.6 Å². The van der Waals surface area contributed by atoms with Crippen LogP contribution in [0.3, 0.4) is 0 Å². The summed E-state index contributed by atoms with van der Waals surface area (Å²) in [5, 5.41) is 2.80. The van der Waals surface area contributed by atoms with Crippen LogP contribution in [0.2, 0.25) is 0 Å². The third-order valence-corrected chi connectivity index (χ3v) is 3.32. The molecule has 22 heavy (non-hydrogen) atoms. The molecule has 2 rings (SSSR count). The zero-order chi connectivity index (χ0) is 15.9. The van der Waals surface area contributed by atoms with Gasteiger partial charge in [0.2, 0.25) is 5.91 Å². The molecule has 0 saturated carbocycles. The first-order valence-corrected chi connectivity index (χ1v) is 6.94. The highest BCUT2D eigenvalue weighted by molar-refractivity contribution is 5.91. The van der Waals surface area contributed by atoms with E-state index in [1.54, 1.807) is 12.1 Å². The summed E-state index contributed by atoms with van der Waals surface area (Å²) < 4.78 is 18.4. The Balaban J connectivity index is 1.94. The fraction of sp³-hybridized carbons (Fsp3) is 0.167. The van der Waals surface area contributed by atoms with Crippen LogP contribution in [0, 0.1) is 12.7 Å². The fourth-order valence-electron chi connectivity index (χ4n) is 2.01. The highest BCUT2D eigenvalue weighted by Crippen LogP contribution is 2.18. The van der Waals surface area contributed by atoms with Crippen molar-refractivity contribution < 1.29 is 13.9 Å². The van der Waals surface area contributed by atoms with Crippen LogP contribution in [0.1, 0.15) is 16.7 Å². The quantitative estimate of drug-likeness (QED) is 0.859. The molecule has 0 aliphatic heterocycles. The van der Waals surface area contributed by atoms with Crippen LogP contribution in [0.25, 0.3) is 6.08 Å². The van der Waals surface area contributed by atoms with Gasteiger partial charge in [-0.1, -0.05) is 30.3 Å². The van der Waals surface area contributed by atoms with Crippen molar-refractivity contribution in [1.29, 1.82) is 0 Å². The smallest absolute Gasteiger partial charge is 0.244 e. The Hall–Kier alpha value is -2.62. The number of aryl methyl sites for hydroxylation is 1. The summed E-state index contributed by atoms with van der Waals surface area (Å²) in [4.78, 5) is 11.8. The van der Waals surface area contributed by atoms with Crippen molar-refractivity contribution in [2.75, 3.05) is 7.11 Å². The molecule has 0 spiro atoms. The van der Waals surface area contributed by atoms with E-state index in [9.17, 15) is 9.18 Å². The summed E-state index contributed by atoms with van der Waals surface area (Å²) in [6.07, 6.45) is 2.95. The summed E-state index contributed by atoms with van der Waals surface area (Å²) in [6, 6.07) is 12.4. The van der Waals surface area contributed by atoms with Crippen molar-refractivity contribution >= 4 is 12.0 Å². The van der Waals surface area contributed by atoms with Gasteiger partial charge >= 0.3 is 0 Å². The van der Waals surface area contributed by atoms with Gasteiger partial charge in [0.05, 0.1) is 7.11 Å². The lowest BCUT2D eigenvalue weighted by Crippen LogP contribution is -2.20. The Kier molecular flexibility index (Phi) is 5.31. The van der Waals surface area contributed by atoms with Crippen LogP contribution < -0.4 is 10.1 Å². The van der Waals surface area contributed by atoms with Gasteiger partial charge in [0.15, 0.2) is 11.6 Å². The largest absolute Gasteiger partial charge is 0.494 e. The van der Waals surface area contributed by atoms with E-state index >= 15 is 0 Å². The molecule has 3 nitrogen and oxygen atoms in total. The number of methoxy groups -OCH3 is 1. The van der Waals surface area contributed by atoms with Crippen molar-refractivity contribution in [2.45, 2.75) is 13.5 Å². The molecule has 0 bridgehead atoms. The number of hydrogen-bond donors (Lipinski definition) is 1. The average molecular weight is 299 g/mol. The molecule has 0 aromatic heterocycles. The summed E-state index contributed by atoms with van der Waals surface area (Å²) in [7, 11) is 1.41. The monoisotopic (exact) mass is 299 g/mol. The van der Waals surface area contributed by atoms with Crippen molar-refractivity contribution in [3.63, 3.8) is 0 Å². The van der Waals surface area contributed by atoms with Crippen LogP contribution in [0.4, 0.5) is 4.39 Å². The minimum Gasteiger partial charge on any atom is -0.494 e. The van der Waals surface area contributed by atoms with Crippen LogP contribution in [0.15, 0.2) is 48.5 Å². The summed E-state index contributed by atoms with van der Waals surface area (Å²) in [5.74, 6) is -0.495. The molecule has 4 heteroatoms. The zero-order valence-electron chi connectivity index (χ0n) is 12.6. The van der Waals surface area contributed by atoms with Crippen molar-refractivity contribution in [1.82, 2.24) is 5.32 Å². The standard InChI is InChI=1S/C18H18FNO2/c1-13-5-3-4-6-15(13)12-20-18(21)10-8-14-7-9-17(22-2)16(19)11-14/h3-11H,12H2,1-2H3,(H,20,21)/b10-8+. The minimum absolute atomic E-state index is 0.182. The number of carbonyl (C=O) groups is 1. The third kappa shape index (κ3) is 4.19. The molecule has 0 unspecified atom stereocenters. The Bertz CT molecular complexity index is 695. The summed E-state index contributed by atoms with van der Waals surface area (Å²) in [5.41, 5.74) is 2.80. The SMILES string of the molecule is COc1ccc(/C=C/C(=O)NCc2ccccc2C)cc1F. The molecule has 0 radical (unpaired) electrons. The van der Waals surface area contributed by atoms with E-state index in [1.807, 2.05) is 31.2 Å². The second kappa shape index (κ2) is 7.41. The van der Waals surface area contributed by atoms with Gasteiger partial charge in [-0.3, -0.25) is 4.79 Å². The van der Waals surface area contributed by atoms with Gasteiger partial charge in [0.25, 0.3) is 0 Å². The maximum atomic E-state index is 13.5. The minimum atomic E-state index is -0.454. The molecule has 0 heterocycles. The van der Waals surface area contributed by atoms with E-state index in [4.69, 9.17) is 4.74 Å². The number of nitrogens with one attached hydrogen (secondary N) is 1. The van der Waals surface area contributed by atoms with E-state index < -0.39 is 5.82 Å². The maximum absolute atomic E-state index is 13.5. The van der Waals surface area contributed by atoms with Gasteiger partial charge in [0.1, 0.15) is 0 Å². The van der Waals surface area contributed by atoms with Gasteiger partial charge in [-0.25, -0.2) is 4.39 Å². The second-order valence-electron chi connectivity index (χ2n) is 4.87. The van der Waals surface area contributed by atoms with Crippen molar-refractivity contribution in [3.05, 3.63) is 71.0 Å². The molecule has 0 fully saturated rings. The number of ether oxygens (including phenoxy) is 1.